The smallest absolute Gasteiger partial charge is 0.294 e. The number of ether oxygens (including phenoxy) is 2. The van der Waals surface area contributed by atoms with E-state index >= 15 is 0 Å². The van der Waals surface area contributed by atoms with Gasteiger partial charge in [-0.1, -0.05) is 26.2 Å². The summed E-state index contributed by atoms with van der Waals surface area (Å²) < 4.78 is 71.9. The van der Waals surface area contributed by atoms with Gasteiger partial charge in [0.2, 0.25) is 5.76 Å². The molecule has 1 aliphatic rings. The predicted octanol–water partition coefficient (Wildman–Crippen LogP) is 6.11. The Balaban J connectivity index is 1.61. The molecule has 3 heterocycles. The fraction of sp³-hybridized carbons (Fsp3) is 0.440. The Labute approximate surface area is 210 Å². The fourth-order valence-corrected chi connectivity index (χ4v) is 3.90. The van der Waals surface area contributed by atoms with Crippen molar-refractivity contribution in [1.82, 2.24) is 15.1 Å². The number of unbranched alkanes of at least 4 members (excludes halogenated alkanes) is 3. The second-order valence-electron chi connectivity index (χ2n) is 8.69. The van der Waals surface area contributed by atoms with Gasteiger partial charge in [-0.3, -0.25) is 4.79 Å². The molecule has 3 aromatic rings. The van der Waals surface area contributed by atoms with Gasteiger partial charge in [0.25, 0.3) is 17.7 Å². The number of alkyl halides is 2. The molecule has 1 aliphatic heterocycles. The van der Waals surface area contributed by atoms with Gasteiger partial charge < -0.3 is 19.3 Å². The van der Waals surface area contributed by atoms with Gasteiger partial charge in [-0.25, -0.2) is 27.5 Å². The number of hydrogen-bond donors (Lipinski definition) is 1. The molecule has 0 radical (unpaired) electrons. The number of rotatable bonds is 10. The van der Waals surface area contributed by atoms with E-state index in [2.05, 4.69) is 27.4 Å². The number of halogens is 4. The summed E-state index contributed by atoms with van der Waals surface area (Å²) >= 11 is 0. The van der Waals surface area contributed by atoms with Crippen molar-refractivity contribution in [2.45, 2.75) is 57.5 Å². The highest BCUT2D eigenvalue weighted by Crippen LogP contribution is 2.40. The number of amides is 1. The number of nitrogens with zero attached hydrogens (tertiary/aromatic N) is 3. The van der Waals surface area contributed by atoms with Crippen molar-refractivity contribution < 1.29 is 36.4 Å². The first kappa shape index (κ1) is 26.5. The Bertz CT molecular complexity index is 1230. The fourth-order valence-electron chi connectivity index (χ4n) is 3.90. The van der Waals surface area contributed by atoms with Crippen LogP contribution in [0.4, 0.5) is 23.2 Å². The average molecular weight is 522 g/mol. The van der Waals surface area contributed by atoms with Crippen LogP contribution in [0.1, 0.15) is 67.8 Å². The van der Waals surface area contributed by atoms with Crippen molar-refractivity contribution in [1.29, 1.82) is 0 Å². The minimum absolute atomic E-state index is 0.0458. The van der Waals surface area contributed by atoms with Gasteiger partial charge in [-0.2, -0.15) is 0 Å². The number of benzene rings is 1. The maximum absolute atomic E-state index is 14.7. The number of aromatic nitrogens is 3. The monoisotopic (exact) mass is 522 g/mol. The highest BCUT2D eigenvalue weighted by molar-refractivity contribution is 6.04. The first-order valence-corrected chi connectivity index (χ1v) is 12.0. The summed E-state index contributed by atoms with van der Waals surface area (Å²) in [6.07, 6.45) is 3.51. The molecular weight excluding hydrogens is 496 g/mol. The van der Waals surface area contributed by atoms with Gasteiger partial charge in [0, 0.05) is 12.0 Å². The molecule has 198 valence electrons. The average Bonchev–Trinajstić information content (AvgIpc) is 3.35. The van der Waals surface area contributed by atoms with Gasteiger partial charge in [0.1, 0.15) is 36.4 Å². The van der Waals surface area contributed by atoms with E-state index < -0.39 is 42.6 Å². The van der Waals surface area contributed by atoms with Crippen LogP contribution in [0.2, 0.25) is 0 Å². The van der Waals surface area contributed by atoms with Crippen molar-refractivity contribution in [3.63, 3.8) is 0 Å². The predicted molar refractivity (Wildman–Crippen MR) is 124 cm³/mol. The molecule has 1 atom stereocenters. The summed E-state index contributed by atoms with van der Waals surface area (Å²) in [5, 5.41) is 6.27. The summed E-state index contributed by atoms with van der Waals surface area (Å²) in [7, 11) is 0. The van der Waals surface area contributed by atoms with E-state index in [0.29, 0.717) is 6.61 Å². The molecule has 0 spiro atoms. The second kappa shape index (κ2) is 11.7. The van der Waals surface area contributed by atoms with Crippen LogP contribution in [0.3, 0.4) is 0 Å². The van der Waals surface area contributed by atoms with Crippen molar-refractivity contribution in [2.24, 2.45) is 0 Å². The third-order valence-corrected chi connectivity index (χ3v) is 5.83. The van der Waals surface area contributed by atoms with Crippen LogP contribution < -0.4 is 10.1 Å². The van der Waals surface area contributed by atoms with Crippen LogP contribution in [-0.4, -0.2) is 40.2 Å². The normalized spacial score (nSPS) is 16.9. The summed E-state index contributed by atoms with van der Waals surface area (Å²) in [4.78, 5) is 21.2. The van der Waals surface area contributed by atoms with E-state index in [-0.39, 0.29) is 40.7 Å². The summed E-state index contributed by atoms with van der Waals surface area (Å²) in [6.45, 7) is 1.65. The lowest BCUT2D eigenvalue weighted by molar-refractivity contribution is -0.146. The standard InChI is InChI=1S/C25H26F4N4O4/c1-2-3-4-5-10-35-20-12-19(37-33-20)24(34)32-23-21(16-11-15(26)6-7-17(16)27)30-14-31-22(23)18-8-9-25(28,29)13-36-18/h6-7,11-12,14,18H,2-5,8-10,13H2,1H3,(H,32,34). The van der Waals surface area contributed by atoms with E-state index in [1.54, 1.807) is 0 Å². The van der Waals surface area contributed by atoms with Crippen molar-refractivity contribution in [2.75, 3.05) is 18.5 Å². The molecule has 1 N–H and O–H groups in total. The van der Waals surface area contributed by atoms with Crippen LogP contribution in [-0.2, 0) is 4.74 Å². The van der Waals surface area contributed by atoms with Crippen molar-refractivity contribution in [3.05, 3.63) is 53.7 Å². The highest BCUT2D eigenvalue weighted by atomic mass is 19.3. The molecule has 1 aromatic carbocycles. The molecule has 0 saturated carbocycles. The molecule has 37 heavy (non-hydrogen) atoms. The zero-order valence-electron chi connectivity index (χ0n) is 20.1. The SMILES string of the molecule is CCCCCCOc1cc(C(=O)Nc2c(-c3cc(F)ccc3F)ncnc2C2CCC(F)(F)CO2)on1. The summed E-state index contributed by atoms with van der Waals surface area (Å²) in [5.74, 6) is -5.46. The van der Waals surface area contributed by atoms with E-state index in [1.165, 1.54) is 6.07 Å². The lowest BCUT2D eigenvalue weighted by atomic mass is 10.00. The molecular formula is C25H26F4N4O4. The molecule has 0 bridgehead atoms. The molecule has 8 nitrogen and oxygen atoms in total. The second-order valence-corrected chi connectivity index (χ2v) is 8.69. The Hall–Kier alpha value is -3.54. The Morgan fingerprint density at radius 3 is 2.78 bits per heavy atom. The van der Waals surface area contributed by atoms with Crippen LogP contribution in [0, 0.1) is 11.6 Å². The third-order valence-electron chi connectivity index (χ3n) is 5.83. The lowest BCUT2D eigenvalue weighted by Crippen LogP contribution is -2.31. The molecule has 2 aromatic heterocycles. The van der Waals surface area contributed by atoms with Gasteiger partial charge in [0.05, 0.1) is 24.1 Å². The highest BCUT2D eigenvalue weighted by Gasteiger charge is 2.38. The Morgan fingerprint density at radius 1 is 1.19 bits per heavy atom. The number of carbonyl (C=O) groups excluding carboxylic acids is 1. The topological polar surface area (TPSA) is 99.4 Å². The number of carbonyl (C=O) groups is 1. The first-order chi connectivity index (χ1) is 17.8. The number of anilines is 1. The Morgan fingerprint density at radius 2 is 2.03 bits per heavy atom. The zero-order valence-corrected chi connectivity index (χ0v) is 20.1. The van der Waals surface area contributed by atoms with Crippen LogP contribution >= 0.6 is 0 Å². The minimum atomic E-state index is -3.00. The van der Waals surface area contributed by atoms with Gasteiger partial charge >= 0.3 is 0 Å². The third kappa shape index (κ3) is 6.62. The van der Waals surface area contributed by atoms with E-state index in [1.807, 2.05) is 0 Å². The van der Waals surface area contributed by atoms with E-state index in [0.717, 1.165) is 50.2 Å². The van der Waals surface area contributed by atoms with Gasteiger partial charge in [-0.15, -0.1) is 0 Å². The van der Waals surface area contributed by atoms with E-state index in [4.69, 9.17) is 14.0 Å². The van der Waals surface area contributed by atoms with Crippen LogP contribution in [0.25, 0.3) is 11.3 Å². The molecule has 4 rings (SSSR count). The quantitative estimate of drug-likeness (QED) is 0.253. The zero-order chi connectivity index (χ0) is 26.4. The first-order valence-electron chi connectivity index (χ1n) is 12.0. The van der Waals surface area contributed by atoms with Crippen molar-refractivity contribution in [3.8, 4) is 17.1 Å². The molecule has 12 heteroatoms. The lowest BCUT2D eigenvalue weighted by Gasteiger charge is -2.29. The number of hydrogen-bond acceptors (Lipinski definition) is 7. The summed E-state index contributed by atoms with van der Waals surface area (Å²) in [6, 6.07) is 4.05. The Kier molecular flexibility index (Phi) is 8.37. The van der Waals surface area contributed by atoms with Crippen LogP contribution in [0.15, 0.2) is 35.1 Å². The number of nitrogens with one attached hydrogen (secondary N) is 1. The molecule has 1 unspecified atom stereocenters. The van der Waals surface area contributed by atoms with Gasteiger partial charge in [0.15, 0.2) is 0 Å². The molecule has 0 aliphatic carbocycles. The minimum Gasteiger partial charge on any atom is -0.475 e. The molecule has 1 saturated heterocycles. The molecule has 1 amide bonds. The molecule has 1 fully saturated rings. The van der Waals surface area contributed by atoms with Crippen molar-refractivity contribution >= 4 is 11.6 Å². The largest absolute Gasteiger partial charge is 0.475 e. The van der Waals surface area contributed by atoms with Gasteiger partial charge in [-0.05, 0) is 36.2 Å². The summed E-state index contributed by atoms with van der Waals surface area (Å²) in [5.41, 5.74) is -0.480. The maximum atomic E-state index is 14.7. The maximum Gasteiger partial charge on any atom is 0.294 e. The van der Waals surface area contributed by atoms with Crippen LogP contribution in [0.5, 0.6) is 5.88 Å². The van der Waals surface area contributed by atoms with E-state index in [9.17, 15) is 22.4 Å².